The van der Waals surface area contributed by atoms with Crippen LogP contribution in [0.25, 0.3) is 11.1 Å². The maximum atomic E-state index is 13.2. The molecule has 1 nitrogen and oxygen atoms in total. The zero-order valence-corrected chi connectivity index (χ0v) is 8.63. The molecule has 2 aromatic rings. The second-order valence-electron chi connectivity index (χ2n) is 3.22. The fourth-order valence-electron chi connectivity index (χ4n) is 1.42. The summed E-state index contributed by atoms with van der Waals surface area (Å²) in [5.41, 5.74) is 7.95. The van der Waals surface area contributed by atoms with Crippen molar-refractivity contribution < 1.29 is 4.39 Å². The van der Waals surface area contributed by atoms with Gasteiger partial charge in [0, 0.05) is 11.3 Å². The average molecular weight is 222 g/mol. The van der Waals surface area contributed by atoms with E-state index in [0.29, 0.717) is 5.69 Å². The van der Waals surface area contributed by atoms with Gasteiger partial charge in [0.25, 0.3) is 0 Å². The first-order chi connectivity index (χ1) is 7.18. The molecule has 2 aromatic carbocycles. The van der Waals surface area contributed by atoms with Gasteiger partial charge in [-0.15, -0.1) is 0 Å². The number of para-hydroxylation sites is 1. The van der Waals surface area contributed by atoms with E-state index in [-0.39, 0.29) is 5.02 Å². The number of halogens is 2. The van der Waals surface area contributed by atoms with Crippen molar-refractivity contribution in [2.75, 3.05) is 5.73 Å². The van der Waals surface area contributed by atoms with Crippen LogP contribution in [0.3, 0.4) is 0 Å². The minimum atomic E-state index is -0.433. The number of anilines is 1. The van der Waals surface area contributed by atoms with Crippen LogP contribution in [0.15, 0.2) is 42.5 Å². The number of nitrogens with two attached hydrogens (primary N) is 1. The van der Waals surface area contributed by atoms with Crippen LogP contribution in [0.2, 0.25) is 5.02 Å². The molecule has 0 aliphatic heterocycles. The first-order valence-electron chi connectivity index (χ1n) is 4.48. The van der Waals surface area contributed by atoms with Gasteiger partial charge in [-0.25, -0.2) is 4.39 Å². The van der Waals surface area contributed by atoms with Gasteiger partial charge in [0.1, 0.15) is 5.82 Å². The second kappa shape index (κ2) is 3.91. The monoisotopic (exact) mass is 221 g/mol. The molecule has 0 aliphatic rings. The van der Waals surface area contributed by atoms with E-state index in [0.717, 1.165) is 11.1 Å². The van der Waals surface area contributed by atoms with E-state index >= 15 is 0 Å². The van der Waals surface area contributed by atoms with Crippen molar-refractivity contribution in [3.05, 3.63) is 53.3 Å². The van der Waals surface area contributed by atoms with Gasteiger partial charge < -0.3 is 5.73 Å². The number of nitrogen functional groups attached to an aromatic ring is 1. The quantitative estimate of drug-likeness (QED) is 0.730. The van der Waals surface area contributed by atoms with Crippen LogP contribution in [0.1, 0.15) is 0 Å². The Hall–Kier alpha value is -1.54. The lowest BCUT2D eigenvalue weighted by Crippen LogP contribution is -1.89. The summed E-state index contributed by atoms with van der Waals surface area (Å²) < 4.78 is 13.2. The normalized spacial score (nSPS) is 10.3. The fraction of sp³-hybridized carbons (Fsp3) is 0. The molecule has 0 aliphatic carbocycles. The lowest BCUT2D eigenvalue weighted by Gasteiger charge is -2.05. The Morgan fingerprint density at radius 3 is 2.47 bits per heavy atom. The molecule has 0 bridgehead atoms. The van der Waals surface area contributed by atoms with Gasteiger partial charge in [-0.05, 0) is 23.8 Å². The molecule has 0 saturated carbocycles. The van der Waals surface area contributed by atoms with Gasteiger partial charge in [-0.2, -0.15) is 0 Å². The Kier molecular flexibility index (Phi) is 2.60. The zero-order valence-electron chi connectivity index (χ0n) is 7.87. The number of hydrogen-bond acceptors (Lipinski definition) is 1. The molecule has 0 heterocycles. The molecule has 76 valence electrons. The molecule has 2 rings (SSSR count). The Morgan fingerprint density at radius 2 is 1.80 bits per heavy atom. The minimum absolute atomic E-state index is 0.119. The van der Waals surface area contributed by atoms with E-state index in [1.165, 1.54) is 12.1 Å². The molecule has 0 radical (unpaired) electrons. The Labute approximate surface area is 92.3 Å². The van der Waals surface area contributed by atoms with Crippen molar-refractivity contribution in [2.45, 2.75) is 0 Å². The summed E-state index contributed by atoms with van der Waals surface area (Å²) in [6.45, 7) is 0. The van der Waals surface area contributed by atoms with Gasteiger partial charge in [0.15, 0.2) is 0 Å². The van der Waals surface area contributed by atoms with Crippen molar-refractivity contribution in [1.82, 2.24) is 0 Å². The standard InChI is InChI=1S/C12H9ClFN/c13-10-6-5-8(7-11(10)14)9-3-1-2-4-12(9)15/h1-7H,15H2. The molecule has 0 spiro atoms. The second-order valence-corrected chi connectivity index (χ2v) is 3.62. The summed E-state index contributed by atoms with van der Waals surface area (Å²) in [5.74, 6) is -0.433. The van der Waals surface area contributed by atoms with Crippen LogP contribution < -0.4 is 5.73 Å². The van der Waals surface area contributed by atoms with Crippen LogP contribution >= 0.6 is 11.6 Å². The van der Waals surface area contributed by atoms with E-state index in [2.05, 4.69) is 0 Å². The highest BCUT2D eigenvalue weighted by molar-refractivity contribution is 6.30. The lowest BCUT2D eigenvalue weighted by atomic mass is 10.0. The first kappa shape index (κ1) is 9.99. The van der Waals surface area contributed by atoms with Gasteiger partial charge in [0.2, 0.25) is 0 Å². The molecular formula is C12H9ClFN. The van der Waals surface area contributed by atoms with Crippen LogP contribution in [0, 0.1) is 5.82 Å². The third-order valence-corrected chi connectivity index (χ3v) is 2.50. The SMILES string of the molecule is Nc1ccccc1-c1ccc(Cl)c(F)c1. The van der Waals surface area contributed by atoms with Gasteiger partial charge >= 0.3 is 0 Å². The van der Waals surface area contributed by atoms with E-state index in [9.17, 15) is 4.39 Å². The van der Waals surface area contributed by atoms with Crippen LogP contribution in [-0.4, -0.2) is 0 Å². The molecule has 0 unspecified atom stereocenters. The van der Waals surface area contributed by atoms with Gasteiger partial charge in [-0.1, -0.05) is 35.9 Å². The third kappa shape index (κ3) is 1.95. The van der Waals surface area contributed by atoms with E-state index in [1.54, 1.807) is 12.1 Å². The molecule has 3 heteroatoms. The summed E-state index contributed by atoms with van der Waals surface area (Å²) in [4.78, 5) is 0. The molecule has 0 atom stereocenters. The molecule has 0 amide bonds. The largest absolute Gasteiger partial charge is 0.398 e. The number of rotatable bonds is 1. The summed E-state index contributed by atoms with van der Waals surface area (Å²) in [7, 11) is 0. The van der Waals surface area contributed by atoms with Gasteiger partial charge in [-0.3, -0.25) is 0 Å². The third-order valence-electron chi connectivity index (χ3n) is 2.19. The predicted octanol–water partition coefficient (Wildman–Crippen LogP) is 3.73. The van der Waals surface area contributed by atoms with Crippen molar-refractivity contribution in [3.63, 3.8) is 0 Å². The summed E-state index contributed by atoms with van der Waals surface area (Å²) >= 11 is 5.60. The van der Waals surface area contributed by atoms with Crippen molar-refractivity contribution in [1.29, 1.82) is 0 Å². The van der Waals surface area contributed by atoms with Crippen LogP contribution in [0.4, 0.5) is 10.1 Å². The molecule has 0 saturated heterocycles. The minimum Gasteiger partial charge on any atom is -0.398 e. The smallest absolute Gasteiger partial charge is 0.142 e. The molecule has 0 fully saturated rings. The Morgan fingerprint density at radius 1 is 1.07 bits per heavy atom. The van der Waals surface area contributed by atoms with E-state index in [1.807, 2.05) is 18.2 Å². The molecule has 15 heavy (non-hydrogen) atoms. The van der Waals surface area contributed by atoms with E-state index in [4.69, 9.17) is 17.3 Å². The molecule has 2 N–H and O–H groups in total. The molecule has 0 aromatic heterocycles. The highest BCUT2D eigenvalue weighted by Gasteiger charge is 2.05. The molecular weight excluding hydrogens is 213 g/mol. The van der Waals surface area contributed by atoms with Gasteiger partial charge in [0.05, 0.1) is 5.02 Å². The Balaban J connectivity index is 2.55. The maximum absolute atomic E-state index is 13.2. The maximum Gasteiger partial charge on any atom is 0.142 e. The summed E-state index contributed by atoms with van der Waals surface area (Å²) in [6, 6.07) is 12.0. The van der Waals surface area contributed by atoms with Crippen molar-refractivity contribution in [3.8, 4) is 11.1 Å². The zero-order chi connectivity index (χ0) is 10.8. The summed E-state index contributed by atoms with van der Waals surface area (Å²) in [5, 5.41) is 0.119. The predicted molar refractivity (Wildman–Crippen MR) is 61.3 cm³/mol. The number of benzene rings is 2. The number of hydrogen-bond donors (Lipinski definition) is 1. The first-order valence-corrected chi connectivity index (χ1v) is 4.86. The van der Waals surface area contributed by atoms with Crippen LogP contribution in [-0.2, 0) is 0 Å². The highest BCUT2D eigenvalue weighted by atomic mass is 35.5. The highest BCUT2D eigenvalue weighted by Crippen LogP contribution is 2.28. The van der Waals surface area contributed by atoms with E-state index < -0.39 is 5.82 Å². The fourth-order valence-corrected chi connectivity index (χ4v) is 1.54. The van der Waals surface area contributed by atoms with Crippen molar-refractivity contribution in [2.24, 2.45) is 0 Å². The average Bonchev–Trinajstić information content (AvgIpc) is 2.23. The van der Waals surface area contributed by atoms with Crippen molar-refractivity contribution >= 4 is 17.3 Å². The summed E-state index contributed by atoms with van der Waals surface area (Å²) in [6.07, 6.45) is 0. The topological polar surface area (TPSA) is 26.0 Å². The lowest BCUT2D eigenvalue weighted by molar-refractivity contribution is 0.629. The van der Waals surface area contributed by atoms with Crippen LogP contribution in [0.5, 0.6) is 0 Å². The Bertz CT molecular complexity index is 497.